The standard InChI is InChI=1S/C7H11Cl2N5/c1-3(10)4(2)11-7-13-5(8)12-6(9)14-7/h3-4H,10H2,1-2H3,(H,11,12,13,14). The van der Waals surface area contributed by atoms with Crippen molar-refractivity contribution >= 4 is 29.2 Å². The van der Waals surface area contributed by atoms with E-state index in [0.29, 0.717) is 5.95 Å². The van der Waals surface area contributed by atoms with Gasteiger partial charge in [-0.2, -0.15) is 15.0 Å². The highest BCUT2D eigenvalue weighted by Gasteiger charge is 2.10. The van der Waals surface area contributed by atoms with Crippen molar-refractivity contribution in [3.8, 4) is 0 Å². The van der Waals surface area contributed by atoms with E-state index in [1.54, 1.807) is 0 Å². The fraction of sp³-hybridized carbons (Fsp3) is 0.571. The Morgan fingerprint density at radius 3 is 2.07 bits per heavy atom. The number of anilines is 1. The van der Waals surface area contributed by atoms with Gasteiger partial charge in [-0.1, -0.05) is 0 Å². The fourth-order valence-electron chi connectivity index (χ4n) is 0.726. The Hall–Kier alpha value is -0.650. The molecule has 0 fully saturated rings. The predicted molar refractivity (Wildman–Crippen MR) is 56.6 cm³/mol. The number of rotatable bonds is 3. The molecular weight excluding hydrogens is 225 g/mol. The quantitative estimate of drug-likeness (QED) is 0.827. The molecule has 1 rings (SSSR count). The molecule has 2 unspecified atom stereocenters. The summed E-state index contributed by atoms with van der Waals surface area (Å²) in [5, 5.41) is 3.09. The van der Waals surface area contributed by atoms with Crippen molar-refractivity contribution in [2.75, 3.05) is 5.32 Å². The Morgan fingerprint density at radius 2 is 1.64 bits per heavy atom. The Bertz CT molecular complexity index is 297. The molecule has 3 N–H and O–H groups in total. The van der Waals surface area contributed by atoms with Crippen LogP contribution in [0.15, 0.2) is 0 Å². The van der Waals surface area contributed by atoms with E-state index in [1.165, 1.54) is 0 Å². The molecule has 1 aromatic heterocycles. The van der Waals surface area contributed by atoms with Gasteiger partial charge in [0.25, 0.3) is 0 Å². The monoisotopic (exact) mass is 235 g/mol. The molecular formula is C7H11Cl2N5. The highest BCUT2D eigenvalue weighted by molar-refractivity contribution is 6.31. The van der Waals surface area contributed by atoms with Gasteiger partial charge < -0.3 is 11.1 Å². The Labute approximate surface area is 92.0 Å². The third-order valence-electron chi connectivity index (χ3n) is 1.73. The summed E-state index contributed by atoms with van der Waals surface area (Å²) in [6.07, 6.45) is 0. The maximum atomic E-state index is 5.66. The maximum Gasteiger partial charge on any atom is 0.228 e. The molecule has 78 valence electrons. The van der Waals surface area contributed by atoms with Crippen LogP contribution in [-0.4, -0.2) is 27.0 Å². The van der Waals surface area contributed by atoms with E-state index >= 15 is 0 Å². The molecule has 14 heavy (non-hydrogen) atoms. The molecule has 0 aliphatic carbocycles. The molecule has 1 heterocycles. The lowest BCUT2D eigenvalue weighted by atomic mass is 10.2. The first-order valence-corrected chi connectivity index (χ1v) is 4.84. The van der Waals surface area contributed by atoms with Gasteiger partial charge in [0, 0.05) is 12.1 Å². The number of nitrogens with one attached hydrogen (secondary N) is 1. The SMILES string of the molecule is CC(N)C(C)Nc1nc(Cl)nc(Cl)n1. The fourth-order valence-corrected chi connectivity index (χ4v) is 1.09. The molecule has 2 atom stereocenters. The topological polar surface area (TPSA) is 76.7 Å². The van der Waals surface area contributed by atoms with E-state index in [4.69, 9.17) is 28.9 Å². The van der Waals surface area contributed by atoms with Crippen molar-refractivity contribution in [3.63, 3.8) is 0 Å². The van der Waals surface area contributed by atoms with Gasteiger partial charge in [0.05, 0.1) is 0 Å². The highest BCUT2D eigenvalue weighted by Crippen LogP contribution is 2.10. The number of nitrogens with two attached hydrogens (primary N) is 1. The first-order valence-electron chi connectivity index (χ1n) is 4.08. The largest absolute Gasteiger partial charge is 0.350 e. The molecule has 0 saturated heterocycles. The van der Waals surface area contributed by atoms with Gasteiger partial charge >= 0.3 is 0 Å². The van der Waals surface area contributed by atoms with E-state index < -0.39 is 0 Å². The van der Waals surface area contributed by atoms with Crippen molar-refractivity contribution in [2.45, 2.75) is 25.9 Å². The van der Waals surface area contributed by atoms with E-state index in [1.807, 2.05) is 13.8 Å². The second-order valence-electron chi connectivity index (χ2n) is 2.99. The van der Waals surface area contributed by atoms with E-state index in [0.717, 1.165) is 0 Å². The van der Waals surface area contributed by atoms with Crippen LogP contribution in [0.5, 0.6) is 0 Å². The molecule has 0 amide bonds. The first kappa shape index (κ1) is 11.4. The van der Waals surface area contributed by atoms with Crippen LogP contribution in [-0.2, 0) is 0 Å². The molecule has 0 aliphatic rings. The minimum absolute atomic E-state index is 0.0238. The maximum absolute atomic E-state index is 5.66. The number of aromatic nitrogens is 3. The first-order chi connectivity index (χ1) is 6.49. The summed E-state index contributed by atoms with van der Waals surface area (Å²) >= 11 is 11.2. The molecule has 0 spiro atoms. The van der Waals surface area contributed by atoms with Crippen molar-refractivity contribution in [1.82, 2.24) is 15.0 Å². The van der Waals surface area contributed by atoms with Gasteiger partial charge in [-0.15, -0.1) is 0 Å². The minimum atomic E-state index is -0.0238. The summed E-state index contributed by atoms with van der Waals surface area (Å²) < 4.78 is 0. The van der Waals surface area contributed by atoms with Crippen LogP contribution < -0.4 is 11.1 Å². The average Bonchev–Trinajstić information content (AvgIpc) is 2.01. The van der Waals surface area contributed by atoms with E-state index in [-0.39, 0.29) is 22.7 Å². The van der Waals surface area contributed by atoms with Crippen LogP contribution in [0.2, 0.25) is 10.6 Å². The predicted octanol–water partition coefficient (Wildman–Crippen LogP) is 1.33. The molecule has 0 aromatic carbocycles. The second kappa shape index (κ2) is 4.72. The van der Waals surface area contributed by atoms with Crippen LogP contribution in [0.4, 0.5) is 5.95 Å². The highest BCUT2D eigenvalue weighted by atomic mass is 35.5. The van der Waals surface area contributed by atoms with Crippen molar-refractivity contribution in [3.05, 3.63) is 10.6 Å². The number of hydrogen-bond donors (Lipinski definition) is 2. The number of hydrogen-bond acceptors (Lipinski definition) is 5. The Balaban J connectivity index is 2.76. The summed E-state index contributed by atoms with van der Waals surface area (Å²) in [6, 6.07) is 0.00819. The zero-order valence-electron chi connectivity index (χ0n) is 7.83. The summed E-state index contributed by atoms with van der Waals surface area (Å²) in [5.41, 5.74) is 5.66. The zero-order chi connectivity index (χ0) is 10.7. The molecule has 0 bridgehead atoms. The smallest absolute Gasteiger partial charge is 0.228 e. The van der Waals surface area contributed by atoms with Crippen LogP contribution in [0.25, 0.3) is 0 Å². The summed E-state index contributed by atoms with van der Waals surface area (Å²) in [5.74, 6) is 0.333. The Kier molecular flexibility index (Phi) is 3.86. The third-order valence-corrected chi connectivity index (χ3v) is 2.06. The molecule has 1 aromatic rings. The lowest BCUT2D eigenvalue weighted by molar-refractivity contribution is 0.632. The van der Waals surface area contributed by atoms with Gasteiger partial charge in [0.15, 0.2) is 0 Å². The van der Waals surface area contributed by atoms with Crippen LogP contribution in [0.1, 0.15) is 13.8 Å². The third kappa shape index (κ3) is 3.25. The molecule has 7 heteroatoms. The number of nitrogens with zero attached hydrogens (tertiary/aromatic N) is 3. The molecule has 0 aliphatic heterocycles. The van der Waals surface area contributed by atoms with Gasteiger partial charge in [0.1, 0.15) is 0 Å². The summed E-state index contributed by atoms with van der Waals surface area (Å²) in [4.78, 5) is 11.3. The van der Waals surface area contributed by atoms with Crippen molar-refractivity contribution in [1.29, 1.82) is 0 Å². The summed E-state index contributed by atoms with van der Waals surface area (Å²) in [7, 11) is 0. The Morgan fingerprint density at radius 1 is 1.14 bits per heavy atom. The number of halogens is 2. The lowest BCUT2D eigenvalue weighted by Crippen LogP contribution is -2.35. The van der Waals surface area contributed by atoms with Crippen LogP contribution in [0, 0.1) is 0 Å². The zero-order valence-corrected chi connectivity index (χ0v) is 9.34. The molecule has 0 radical (unpaired) electrons. The van der Waals surface area contributed by atoms with Crippen LogP contribution in [0.3, 0.4) is 0 Å². The lowest BCUT2D eigenvalue weighted by Gasteiger charge is -2.16. The molecule has 0 saturated carbocycles. The second-order valence-corrected chi connectivity index (χ2v) is 3.67. The van der Waals surface area contributed by atoms with Crippen LogP contribution >= 0.6 is 23.2 Å². The molecule has 5 nitrogen and oxygen atoms in total. The van der Waals surface area contributed by atoms with Crippen molar-refractivity contribution < 1.29 is 0 Å². The minimum Gasteiger partial charge on any atom is -0.350 e. The van der Waals surface area contributed by atoms with E-state index in [9.17, 15) is 0 Å². The van der Waals surface area contributed by atoms with Gasteiger partial charge in [-0.3, -0.25) is 0 Å². The van der Waals surface area contributed by atoms with Gasteiger partial charge in [-0.25, -0.2) is 0 Å². The van der Waals surface area contributed by atoms with E-state index in [2.05, 4.69) is 20.3 Å². The van der Waals surface area contributed by atoms with Crippen molar-refractivity contribution in [2.24, 2.45) is 5.73 Å². The van der Waals surface area contributed by atoms with Gasteiger partial charge in [-0.05, 0) is 37.0 Å². The summed E-state index contributed by atoms with van der Waals surface area (Å²) in [6.45, 7) is 3.79. The average molecular weight is 236 g/mol. The van der Waals surface area contributed by atoms with Gasteiger partial charge in [0.2, 0.25) is 16.5 Å². The normalized spacial score (nSPS) is 14.9.